The second-order valence-electron chi connectivity index (χ2n) is 11.6. The van der Waals surface area contributed by atoms with E-state index in [1.807, 2.05) is 0 Å². The first-order valence-electron chi connectivity index (χ1n) is 14.2. The lowest BCUT2D eigenvalue weighted by atomic mass is 9.57. The van der Waals surface area contributed by atoms with Crippen LogP contribution in [0.15, 0.2) is 53.3 Å². The summed E-state index contributed by atoms with van der Waals surface area (Å²) in [7, 11) is 4.31. The Labute approximate surface area is 257 Å². The van der Waals surface area contributed by atoms with E-state index in [2.05, 4.69) is 10.1 Å². The van der Waals surface area contributed by atoms with E-state index in [1.165, 1.54) is 32.2 Å². The van der Waals surface area contributed by atoms with Gasteiger partial charge in [0.25, 0.3) is 5.91 Å². The predicted octanol–water partition coefficient (Wildman–Crippen LogP) is 1.52. The summed E-state index contributed by atoms with van der Waals surface area (Å²) in [5.41, 5.74) is 3.79. The number of carbonyl (C=O) groups is 5. The number of ketones is 2. The highest BCUT2D eigenvalue weighted by molar-refractivity contribution is 6.24. The molecule has 0 radical (unpaired) electrons. The van der Waals surface area contributed by atoms with Crippen LogP contribution in [0.25, 0.3) is 16.9 Å². The molecule has 4 atom stereocenters. The van der Waals surface area contributed by atoms with Crippen LogP contribution in [0.3, 0.4) is 0 Å². The fourth-order valence-electron chi connectivity index (χ4n) is 6.79. The minimum absolute atomic E-state index is 0.0241. The fourth-order valence-corrected chi connectivity index (χ4v) is 6.79. The highest BCUT2D eigenvalue weighted by Crippen LogP contribution is 2.53. The first-order chi connectivity index (χ1) is 21.2. The number of phenolic OH excluding ortho intramolecular Hbond substituents is 1. The molecule has 0 aromatic heterocycles. The molecule has 1 fully saturated rings. The van der Waals surface area contributed by atoms with Gasteiger partial charge in [0.05, 0.1) is 25.1 Å². The summed E-state index contributed by atoms with van der Waals surface area (Å²) in [6.45, 7) is 0. The number of methoxy groups -OCH3 is 1. The van der Waals surface area contributed by atoms with Gasteiger partial charge in [0, 0.05) is 23.6 Å². The zero-order chi connectivity index (χ0) is 33.0. The number of nitrogens with one attached hydrogen (secondary N) is 1. The van der Waals surface area contributed by atoms with E-state index in [0.29, 0.717) is 22.4 Å². The summed E-state index contributed by atoms with van der Waals surface area (Å²) >= 11 is 0. The molecule has 0 unspecified atom stereocenters. The Kier molecular flexibility index (Phi) is 8.02. The minimum atomic E-state index is -2.71. The third-order valence-corrected chi connectivity index (χ3v) is 8.87. The zero-order valence-corrected chi connectivity index (χ0v) is 24.8. The van der Waals surface area contributed by atoms with Crippen LogP contribution in [0.4, 0.5) is 5.69 Å². The van der Waals surface area contributed by atoms with Crippen LogP contribution < -0.4 is 11.1 Å². The summed E-state index contributed by atoms with van der Waals surface area (Å²) in [5.74, 6) is -8.03. The van der Waals surface area contributed by atoms with Gasteiger partial charge in [0.15, 0.2) is 11.4 Å². The molecule has 236 valence electrons. The summed E-state index contributed by atoms with van der Waals surface area (Å²) in [6.07, 6.45) is -0.0178. The molecule has 2 aromatic carbocycles. The van der Waals surface area contributed by atoms with E-state index >= 15 is 0 Å². The summed E-state index contributed by atoms with van der Waals surface area (Å²) in [5, 5.41) is 47.7. The number of ether oxygens (including phenoxy) is 1. The smallest absolute Gasteiger partial charge is 0.306 e. The molecule has 0 heterocycles. The molecule has 0 aliphatic heterocycles. The monoisotopic (exact) mass is 619 g/mol. The van der Waals surface area contributed by atoms with Crippen molar-refractivity contribution in [3.05, 3.63) is 64.4 Å². The third kappa shape index (κ3) is 5.03. The number of anilines is 1. The Bertz CT molecular complexity index is 1710. The fraction of sp³-hybridized carbons (Fsp3) is 0.344. The number of carbonyl (C=O) groups excluding carboxylic acids is 5. The van der Waals surface area contributed by atoms with Crippen molar-refractivity contribution in [1.29, 1.82) is 0 Å². The maximum atomic E-state index is 14.0. The molecule has 0 spiro atoms. The van der Waals surface area contributed by atoms with Crippen LogP contribution in [-0.4, -0.2) is 87.5 Å². The van der Waals surface area contributed by atoms with Gasteiger partial charge in [-0.15, -0.1) is 0 Å². The normalized spacial score (nSPS) is 24.2. The van der Waals surface area contributed by atoms with Crippen molar-refractivity contribution in [1.82, 2.24) is 4.90 Å². The molecule has 3 aliphatic carbocycles. The molecular weight excluding hydrogens is 586 g/mol. The van der Waals surface area contributed by atoms with Gasteiger partial charge < -0.3 is 36.2 Å². The second-order valence-corrected chi connectivity index (χ2v) is 11.6. The molecule has 13 heteroatoms. The van der Waals surface area contributed by atoms with Gasteiger partial charge in [-0.2, -0.15) is 0 Å². The predicted molar refractivity (Wildman–Crippen MR) is 160 cm³/mol. The first-order valence-corrected chi connectivity index (χ1v) is 14.2. The van der Waals surface area contributed by atoms with Gasteiger partial charge in [0.1, 0.15) is 22.8 Å². The van der Waals surface area contributed by atoms with Gasteiger partial charge in [-0.1, -0.05) is 18.2 Å². The number of phenols is 1. The number of nitrogens with zero attached hydrogens (tertiary/aromatic N) is 1. The number of aromatic hydroxyl groups is 1. The topological polar surface area (TPSA) is 217 Å². The number of Topliss-reactive ketones (excluding diaryl/α,β-unsaturated/α-hetero) is 2. The van der Waals surface area contributed by atoms with Crippen molar-refractivity contribution in [2.45, 2.75) is 37.3 Å². The number of hydrogen-bond donors (Lipinski definition) is 6. The molecule has 3 aliphatic rings. The molecule has 1 saturated carbocycles. The average molecular weight is 620 g/mol. The molecule has 0 bridgehead atoms. The van der Waals surface area contributed by atoms with Crippen molar-refractivity contribution in [3.8, 4) is 16.9 Å². The number of amides is 2. The number of esters is 1. The van der Waals surface area contributed by atoms with E-state index in [9.17, 15) is 44.4 Å². The lowest BCUT2D eigenvalue weighted by Gasteiger charge is -2.50. The highest BCUT2D eigenvalue weighted by atomic mass is 16.5. The number of primary amides is 1. The van der Waals surface area contributed by atoms with Gasteiger partial charge >= 0.3 is 5.97 Å². The Balaban J connectivity index is 1.54. The molecule has 2 aromatic rings. The lowest BCUT2D eigenvalue weighted by Crippen LogP contribution is -2.65. The van der Waals surface area contributed by atoms with Crippen molar-refractivity contribution in [3.63, 3.8) is 0 Å². The van der Waals surface area contributed by atoms with E-state index in [-0.39, 0.29) is 48.5 Å². The number of nitrogens with two attached hydrogens (primary N) is 1. The average Bonchev–Trinajstić information content (AvgIpc) is 2.98. The number of aliphatic hydroxyl groups excluding tert-OH is 2. The maximum Gasteiger partial charge on any atom is 0.306 e. The van der Waals surface area contributed by atoms with Crippen LogP contribution in [0.5, 0.6) is 5.75 Å². The number of hydrogen-bond acceptors (Lipinski definition) is 11. The van der Waals surface area contributed by atoms with Crippen molar-refractivity contribution >= 4 is 40.8 Å². The van der Waals surface area contributed by atoms with Crippen LogP contribution in [0.2, 0.25) is 0 Å². The minimum Gasteiger partial charge on any atom is -0.508 e. The van der Waals surface area contributed by atoms with E-state index in [1.54, 1.807) is 30.3 Å². The number of likely N-dealkylation sites (N-methyl/N-ethyl adjacent to an activating group) is 1. The molecule has 13 nitrogen and oxygen atoms in total. The molecule has 2 amide bonds. The van der Waals surface area contributed by atoms with Crippen LogP contribution >= 0.6 is 0 Å². The largest absolute Gasteiger partial charge is 0.508 e. The van der Waals surface area contributed by atoms with Gasteiger partial charge in [0.2, 0.25) is 11.7 Å². The number of benzene rings is 2. The lowest BCUT2D eigenvalue weighted by molar-refractivity contribution is -0.153. The second kappa shape index (κ2) is 11.5. The molecule has 0 saturated heterocycles. The van der Waals surface area contributed by atoms with E-state index < -0.39 is 64.0 Å². The van der Waals surface area contributed by atoms with Crippen molar-refractivity contribution < 1.29 is 49.1 Å². The van der Waals surface area contributed by atoms with Crippen LogP contribution in [0.1, 0.15) is 30.4 Å². The van der Waals surface area contributed by atoms with Crippen molar-refractivity contribution in [2.75, 3.05) is 26.5 Å². The molecule has 45 heavy (non-hydrogen) atoms. The summed E-state index contributed by atoms with van der Waals surface area (Å²) in [4.78, 5) is 64.4. The summed E-state index contributed by atoms with van der Waals surface area (Å²) < 4.78 is 4.55. The molecule has 5 rings (SSSR count). The quantitative estimate of drug-likeness (QED) is 0.193. The van der Waals surface area contributed by atoms with Gasteiger partial charge in [-0.25, -0.2) is 0 Å². The molecular formula is C32H33N3O10. The third-order valence-electron chi connectivity index (χ3n) is 8.87. The number of fused-ring (bicyclic) bond motifs is 3. The Morgan fingerprint density at radius 1 is 1.04 bits per heavy atom. The summed E-state index contributed by atoms with van der Waals surface area (Å²) in [6, 6.07) is 8.57. The van der Waals surface area contributed by atoms with E-state index in [0.717, 1.165) is 0 Å². The van der Waals surface area contributed by atoms with Crippen LogP contribution in [0, 0.1) is 11.8 Å². The molecule has 7 N–H and O–H groups in total. The van der Waals surface area contributed by atoms with Crippen molar-refractivity contribution in [2.24, 2.45) is 17.6 Å². The first kappa shape index (κ1) is 31.4. The SMILES string of the molecule is COC(=O)CCC(=O)Nc1ccc(-c2ccc(O)c3c2C[C@@H]2C[C@@H]4[C@@H](N(C)C)C(=O)C(C(N)=O)=C(O)[C@]4(O)C(=O)C2=C3O)cc1. The number of aliphatic hydroxyl groups is 3. The van der Waals surface area contributed by atoms with Gasteiger partial charge in [-0.3, -0.25) is 28.9 Å². The van der Waals surface area contributed by atoms with Gasteiger partial charge in [-0.05, 0) is 67.7 Å². The Morgan fingerprint density at radius 3 is 2.31 bits per heavy atom. The highest BCUT2D eigenvalue weighted by Gasteiger charge is 2.64. The zero-order valence-electron chi connectivity index (χ0n) is 24.8. The van der Waals surface area contributed by atoms with Crippen LogP contribution in [-0.2, 0) is 35.1 Å². The number of rotatable bonds is 7. The Morgan fingerprint density at radius 2 is 1.71 bits per heavy atom. The van der Waals surface area contributed by atoms with E-state index in [4.69, 9.17) is 5.73 Å². The maximum absolute atomic E-state index is 14.0. The Hall–Kier alpha value is -5.01. The standard InChI is InChI=1S/C32H33N3O10/c1-35(2)26-19-13-15-12-18-17(14-4-6-16(7-5-14)34-21(37)10-11-22(38)45-3)8-9-20(36)24(18)27(39)23(15)29(41)32(19,44)30(42)25(28(26)40)31(33)43/h4-9,15,19,26,36,39,42,44H,10-13H2,1-3H3,(H2,33,43)(H,34,37)/t15-,19-,26-,32-/m1/s1.